The van der Waals surface area contributed by atoms with Gasteiger partial charge in [-0.15, -0.1) is 0 Å². The van der Waals surface area contributed by atoms with Crippen LogP contribution in [0.4, 0.5) is 0 Å². The lowest BCUT2D eigenvalue weighted by atomic mass is 10.2. The Morgan fingerprint density at radius 1 is 1.36 bits per heavy atom. The molecule has 0 spiro atoms. The molecule has 0 atom stereocenters. The van der Waals surface area contributed by atoms with Crippen LogP contribution in [0.2, 0.25) is 0 Å². The monoisotopic (exact) mass is 169 g/mol. The Labute approximate surface area is 70.7 Å². The van der Waals surface area contributed by atoms with Gasteiger partial charge in [-0.05, 0) is 6.26 Å². The highest BCUT2D eigenvalue weighted by molar-refractivity contribution is 7.98. The van der Waals surface area contributed by atoms with E-state index in [9.17, 15) is 0 Å². The molecule has 1 heterocycles. The summed E-state index contributed by atoms with van der Waals surface area (Å²) in [7, 11) is 0. The smallest absolute Gasteiger partial charge is 0.190 e. The van der Waals surface area contributed by atoms with Crippen molar-refractivity contribution in [2.75, 3.05) is 6.26 Å². The molecule has 0 saturated carbocycles. The normalized spacial score (nSPS) is 10.5. The third kappa shape index (κ3) is 2.15. The molecule has 4 heteroatoms. The first-order valence-corrected chi connectivity index (χ1v) is 4.69. The van der Waals surface area contributed by atoms with Crippen LogP contribution >= 0.6 is 11.8 Å². The summed E-state index contributed by atoms with van der Waals surface area (Å²) < 4.78 is 0. The van der Waals surface area contributed by atoms with Gasteiger partial charge in [-0.2, -0.15) is 0 Å². The lowest BCUT2D eigenvalue weighted by Crippen LogP contribution is -1.99. The Kier molecular flexibility index (Phi) is 2.82. The van der Waals surface area contributed by atoms with Crippen molar-refractivity contribution in [1.82, 2.24) is 15.0 Å². The zero-order valence-corrected chi connectivity index (χ0v) is 7.72. The van der Waals surface area contributed by atoms with Crippen LogP contribution in [0.15, 0.2) is 11.5 Å². The first-order valence-electron chi connectivity index (χ1n) is 3.47. The lowest BCUT2D eigenvalue weighted by molar-refractivity contribution is 0.723. The van der Waals surface area contributed by atoms with Gasteiger partial charge in [0.2, 0.25) is 0 Å². The molecule has 0 amide bonds. The van der Waals surface area contributed by atoms with Gasteiger partial charge in [0, 0.05) is 5.92 Å². The zero-order chi connectivity index (χ0) is 8.27. The summed E-state index contributed by atoms with van der Waals surface area (Å²) in [6, 6.07) is 0. The largest absolute Gasteiger partial charge is 0.221 e. The van der Waals surface area contributed by atoms with E-state index < -0.39 is 0 Å². The minimum absolute atomic E-state index is 0.379. The highest BCUT2D eigenvalue weighted by atomic mass is 32.2. The van der Waals surface area contributed by atoms with Crippen molar-refractivity contribution in [2.45, 2.75) is 24.9 Å². The van der Waals surface area contributed by atoms with E-state index in [1.54, 1.807) is 6.33 Å². The van der Waals surface area contributed by atoms with E-state index in [4.69, 9.17) is 0 Å². The molecule has 3 nitrogen and oxygen atoms in total. The fourth-order valence-corrected chi connectivity index (χ4v) is 1.01. The number of hydrogen-bond acceptors (Lipinski definition) is 4. The first-order chi connectivity index (χ1) is 5.24. The maximum Gasteiger partial charge on any atom is 0.190 e. The van der Waals surface area contributed by atoms with Crippen molar-refractivity contribution in [2.24, 2.45) is 0 Å². The maximum atomic E-state index is 4.23. The SMILES string of the molecule is CSc1ncnc(C(C)C)n1. The third-order valence-electron chi connectivity index (χ3n) is 1.27. The molecule has 0 aromatic carbocycles. The summed E-state index contributed by atoms with van der Waals surface area (Å²) in [4.78, 5) is 12.3. The summed E-state index contributed by atoms with van der Waals surface area (Å²) in [5.74, 6) is 1.24. The highest BCUT2D eigenvalue weighted by Gasteiger charge is 2.02. The topological polar surface area (TPSA) is 38.7 Å². The molecule has 0 aliphatic rings. The minimum Gasteiger partial charge on any atom is -0.221 e. The molecule has 0 bridgehead atoms. The molecular weight excluding hydrogens is 158 g/mol. The highest BCUT2D eigenvalue weighted by Crippen LogP contribution is 2.11. The molecule has 1 aromatic rings. The van der Waals surface area contributed by atoms with Crippen LogP contribution in [-0.2, 0) is 0 Å². The van der Waals surface area contributed by atoms with Crippen molar-refractivity contribution >= 4 is 11.8 Å². The predicted octanol–water partition coefficient (Wildman–Crippen LogP) is 1.72. The lowest BCUT2D eigenvalue weighted by Gasteiger charge is -2.02. The standard InChI is InChI=1S/C7H11N3S/c1-5(2)6-8-4-9-7(10-6)11-3/h4-5H,1-3H3. The van der Waals surface area contributed by atoms with Crippen LogP contribution < -0.4 is 0 Å². The van der Waals surface area contributed by atoms with Crippen molar-refractivity contribution < 1.29 is 0 Å². The van der Waals surface area contributed by atoms with Gasteiger partial charge in [0.25, 0.3) is 0 Å². The fraction of sp³-hybridized carbons (Fsp3) is 0.571. The van der Waals surface area contributed by atoms with Gasteiger partial charge in [-0.25, -0.2) is 15.0 Å². The molecule has 11 heavy (non-hydrogen) atoms. The van der Waals surface area contributed by atoms with E-state index >= 15 is 0 Å². The summed E-state index contributed by atoms with van der Waals surface area (Å²) in [5, 5.41) is 0.795. The molecule has 0 fully saturated rings. The van der Waals surface area contributed by atoms with Crippen LogP contribution in [0, 0.1) is 0 Å². The van der Waals surface area contributed by atoms with E-state index in [-0.39, 0.29) is 0 Å². The number of thioether (sulfide) groups is 1. The van der Waals surface area contributed by atoms with Crippen LogP contribution in [-0.4, -0.2) is 21.2 Å². The van der Waals surface area contributed by atoms with Crippen LogP contribution in [0.3, 0.4) is 0 Å². The molecule has 1 rings (SSSR count). The number of rotatable bonds is 2. The van der Waals surface area contributed by atoms with E-state index in [0.717, 1.165) is 11.0 Å². The average molecular weight is 169 g/mol. The fourth-order valence-electron chi connectivity index (χ4n) is 0.670. The van der Waals surface area contributed by atoms with Gasteiger partial charge in [0.05, 0.1) is 0 Å². The first kappa shape index (κ1) is 8.46. The van der Waals surface area contributed by atoms with Gasteiger partial charge in [-0.1, -0.05) is 25.6 Å². The van der Waals surface area contributed by atoms with Gasteiger partial charge in [0.1, 0.15) is 12.2 Å². The third-order valence-corrected chi connectivity index (χ3v) is 1.83. The molecule has 60 valence electrons. The average Bonchev–Trinajstić information content (AvgIpc) is 2.05. The van der Waals surface area contributed by atoms with Crippen molar-refractivity contribution in [3.8, 4) is 0 Å². The van der Waals surface area contributed by atoms with Crippen LogP contribution in [0.25, 0.3) is 0 Å². The van der Waals surface area contributed by atoms with Crippen molar-refractivity contribution in [1.29, 1.82) is 0 Å². The maximum absolute atomic E-state index is 4.23. The Balaban J connectivity index is 2.91. The van der Waals surface area contributed by atoms with Crippen molar-refractivity contribution in [3.63, 3.8) is 0 Å². The predicted molar refractivity (Wildman–Crippen MR) is 45.7 cm³/mol. The quantitative estimate of drug-likeness (QED) is 0.632. The second-order valence-corrected chi connectivity index (χ2v) is 3.26. The molecule has 0 N–H and O–H groups in total. The Morgan fingerprint density at radius 2 is 2.09 bits per heavy atom. The second-order valence-electron chi connectivity index (χ2n) is 2.49. The minimum atomic E-state index is 0.379. The summed E-state index contributed by atoms with van der Waals surface area (Å²) in [5.41, 5.74) is 0. The number of aromatic nitrogens is 3. The summed E-state index contributed by atoms with van der Waals surface area (Å²) >= 11 is 1.54. The zero-order valence-electron chi connectivity index (χ0n) is 6.90. The van der Waals surface area contributed by atoms with E-state index in [1.807, 2.05) is 6.26 Å². The Bertz CT molecular complexity index is 237. The van der Waals surface area contributed by atoms with E-state index in [1.165, 1.54) is 11.8 Å². The number of hydrogen-bond donors (Lipinski definition) is 0. The van der Waals surface area contributed by atoms with Crippen molar-refractivity contribution in [3.05, 3.63) is 12.2 Å². The Hall–Kier alpha value is -0.640. The molecule has 0 unspecified atom stereocenters. The summed E-state index contributed by atoms with van der Waals surface area (Å²) in [6.07, 6.45) is 3.52. The molecule has 0 saturated heterocycles. The van der Waals surface area contributed by atoms with Crippen LogP contribution in [0.1, 0.15) is 25.6 Å². The van der Waals surface area contributed by atoms with Gasteiger partial charge in [-0.3, -0.25) is 0 Å². The number of nitrogens with zero attached hydrogens (tertiary/aromatic N) is 3. The van der Waals surface area contributed by atoms with Gasteiger partial charge >= 0.3 is 0 Å². The Morgan fingerprint density at radius 3 is 2.64 bits per heavy atom. The molecular formula is C7H11N3S. The molecule has 1 aromatic heterocycles. The molecule has 0 aliphatic carbocycles. The molecule has 0 radical (unpaired) electrons. The van der Waals surface area contributed by atoms with Crippen LogP contribution in [0.5, 0.6) is 0 Å². The second kappa shape index (κ2) is 3.67. The summed E-state index contributed by atoms with van der Waals surface area (Å²) in [6.45, 7) is 4.14. The van der Waals surface area contributed by atoms with Gasteiger partial charge < -0.3 is 0 Å². The van der Waals surface area contributed by atoms with E-state index in [2.05, 4.69) is 28.8 Å². The van der Waals surface area contributed by atoms with Gasteiger partial charge in [0.15, 0.2) is 5.16 Å². The van der Waals surface area contributed by atoms with E-state index in [0.29, 0.717) is 5.92 Å². The molecule has 0 aliphatic heterocycles.